The van der Waals surface area contributed by atoms with E-state index in [4.69, 9.17) is 14.1 Å². The molecule has 44 heavy (non-hydrogen) atoms. The number of amides is 2. The number of aromatic nitrogens is 3. The van der Waals surface area contributed by atoms with Crippen LogP contribution >= 0.6 is 0 Å². The third-order valence-corrected chi connectivity index (χ3v) is 8.35. The summed E-state index contributed by atoms with van der Waals surface area (Å²) in [6.07, 6.45) is 6.04. The highest BCUT2D eigenvalue weighted by molar-refractivity contribution is 5.93. The van der Waals surface area contributed by atoms with Crippen LogP contribution in [0.1, 0.15) is 59.3 Å². The van der Waals surface area contributed by atoms with Crippen LogP contribution in [0, 0.1) is 6.92 Å². The van der Waals surface area contributed by atoms with Crippen molar-refractivity contribution in [2.75, 3.05) is 42.9 Å². The van der Waals surface area contributed by atoms with E-state index in [1.807, 2.05) is 25.1 Å². The summed E-state index contributed by atoms with van der Waals surface area (Å²) < 4.78 is 11.2. The Morgan fingerprint density at radius 1 is 1.16 bits per heavy atom. The Morgan fingerprint density at radius 3 is 2.73 bits per heavy atom. The highest BCUT2D eigenvalue weighted by Gasteiger charge is 2.30. The van der Waals surface area contributed by atoms with E-state index in [1.54, 1.807) is 24.1 Å². The zero-order valence-electron chi connectivity index (χ0n) is 25.0. The van der Waals surface area contributed by atoms with Gasteiger partial charge in [0.25, 0.3) is 5.91 Å². The molecule has 13 heteroatoms. The Labute approximate surface area is 255 Å². The number of nitrogens with one attached hydrogen (secondary N) is 2. The Balaban J connectivity index is 1.06. The van der Waals surface area contributed by atoms with E-state index in [9.17, 15) is 14.7 Å². The first-order chi connectivity index (χ1) is 21.3. The monoisotopic (exact) mass is 602 g/mol. The molecule has 1 aromatic carbocycles. The number of carbonyl (C=O) groups is 2. The van der Waals surface area contributed by atoms with Crippen LogP contribution in [0.25, 0.3) is 0 Å². The summed E-state index contributed by atoms with van der Waals surface area (Å²) in [5, 5.41) is 17.1. The van der Waals surface area contributed by atoms with Crippen molar-refractivity contribution in [1.29, 1.82) is 0 Å². The number of piperidine rings is 1. The molecule has 232 valence electrons. The second-order valence-corrected chi connectivity index (χ2v) is 11.6. The number of nitrogens with zero attached hydrogens (tertiary/aromatic N) is 6. The highest BCUT2D eigenvalue weighted by atomic mass is 16.5. The molecule has 2 fully saturated rings. The van der Waals surface area contributed by atoms with Crippen LogP contribution in [0.2, 0.25) is 0 Å². The maximum Gasteiger partial charge on any atom is 0.270 e. The molecule has 3 aromatic rings. The fourth-order valence-electron chi connectivity index (χ4n) is 5.59. The van der Waals surface area contributed by atoms with Crippen LogP contribution in [0.4, 0.5) is 11.8 Å². The van der Waals surface area contributed by atoms with Gasteiger partial charge in [0.05, 0.1) is 23.9 Å². The number of rotatable bonds is 10. The lowest BCUT2D eigenvalue weighted by atomic mass is 9.95. The van der Waals surface area contributed by atoms with E-state index in [0.29, 0.717) is 42.8 Å². The molecule has 0 saturated carbocycles. The summed E-state index contributed by atoms with van der Waals surface area (Å²) in [6, 6.07) is 7.06. The van der Waals surface area contributed by atoms with Gasteiger partial charge in [0.2, 0.25) is 11.9 Å². The summed E-state index contributed by atoms with van der Waals surface area (Å²) in [5.41, 5.74) is 2.98. The smallest absolute Gasteiger partial charge is 0.270 e. The van der Waals surface area contributed by atoms with E-state index in [2.05, 4.69) is 30.5 Å². The number of aliphatic hydroxyl groups is 1. The molecule has 2 atom stereocenters. The van der Waals surface area contributed by atoms with Crippen molar-refractivity contribution in [3.05, 3.63) is 58.9 Å². The van der Waals surface area contributed by atoms with Crippen molar-refractivity contribution < 1.29 is 23.8 Å². The molecule has 2 aromatic heterocycles. The van der Waals surface area contributed by atoms with Crippen LogP contribution < -0.4 is 20.3 Å². The average molecular weight is 603 g/mol. The number of aryl methyl sites for hydroxylation is 1. The highest BCUT2D eigenvalue weighted by Crippen LogP contribution is 2.25. The van der Waals surface area contributed by atoms with Crippen molar-refractivity contribution in [2.45, 2.75) is 64.3 Å². The van der Waals surface area contributed by atoms with E-state index in [-0.39, 0.29) is 30.8 Å². The Kier molecular flexibility index (Phi) is 8.73. The number of carbonyl (C=O) groups excluding carboxylic acids is 2. The molecule has 6 rings (SSSR count). The van der Waals surface area contributed by atoms with Gasteiger partial charge in [0.15, 0.2) is 12.2 Å². The molecular weight excluding hydrogens is 564 g/mol. The zero-order valence-corrected chi connectivity index (χ0v) is 25.0. The van der Waals surface area contributed by atoms with Gasteiger partial charge in [-0.3, -0.25) is 14.6 Å². The molecule has 3 aliphatic heterocycles. The lowest BCUT2D eigenvalue weighted by molar-refractivity contribution is -0.132. The minimum absolute atomic E-state index is 0.0237. The number of ether oxygens (including phenoxy) is 1. The molecule has 0 radical (unpaired) electrons. The first-order valence-electron chi connectivity index (χ1n) is 15.1. The molecule has 1 unspecified atom stereocenters. The van der Waals surface area contributed by atoms with Gasteiger partial charge in [0, 0.05) is 51.9 Å². The van der Waals surface area contributed by atoms with Crippen molar-refractivity contribution in [3.63, 3.8) is 0 Å². The second kappa shape index (κ2) is 13.0. The molecule has 0 bridgehead atoms. The molecule has 3 aliphatic rings. The molecule has 0 aliphatic carbocycles. The van der Waals surface area contributed by atoms with Gasteiger partial charge in [-0.05, 0) is 55.9 Å². The fraction of sp³-hybridized carbons (Fsp3) is 0.484. The summed E-state index contributed by atoms with van der Waals surface area (Å²) in [7, 11) is 0. The molecule has 13 nitrogen and oxygen atoms in total. The van der Waals surface area contributed by atoms with E-state index in [1.165, 1.54) is 6.39 Å². The Morgan fingerprint density at radius 2 is 1.98 bits per heavy atom. The summed E-state index contributed by atoms with van der Waals surface area (Å²) >= 11 is 0. The molecule has 0 spiro atoms. The third-order valence-electron chi connectivity index (χ3n) is 8.35. The van der Waals surface area contributed by atoms with Gasteiger partial charge in [0.1, 0.15) is 23.9 Å². The molecule has 2 amide bonds. The predicted octanol–water partition coefficient (Wildman–Crippen LogP) is 2.12. The number of anilines is 2. The van der Waals surface area contributed by atoms with E-state index in [0.717, 1.165) is 49.2 Å². The van der Waals surface area contributed by atoms with Crippen molar-refractivity contribution in [1.82, 2.24) is 25.2 Å². The lowest BCUT2D eigenvalue weighted by Gasteiger charge is -2.39. The number of hydrogen-bond acceptors (Lipinski definition) is 11. The number of fused-ring (bicyclic) bond motifs is 1. The summed E-state index contributed by atoms with van der Waals surface area (Å²) in [5.74, 6) is 2.07. The van der Waals surface area contributed by atoms with Gasteiger partial charge in [-0.25, -0.2) is 9.97 Å². The maximum atomic E-state index is 13.3. The lowest BCUT2D eigenvalue weighted by Crippen LogP contribution is -2.56. The average Bonchev–Trinajstić information content (AvgIpc) is 3.44. The molecular formula is C31H38N8O5. The fourth-order valence-corrected chi connectivity index (χ4v) is 5.59. The number of hydrogen-bond donors (Lipinski definition) is 3. The molecule has 2 saturated heterocycles. The second-order valence-electron chi connectivity index (χ2n) is 11.6. The zero-order chi connectivity index (χ0) is 30.6. The number of aliphatic imine (C=N–C) groups is 1. The van der Waals surface area contributed by atoms with Crippen LogP contribution in [0.15, 0.2) is 40.1 Å². The summed E-state index contributed by atoms with van der Waals surface area (Å²) in [6.45, 7) is 6.58. The molecule has 3 N–H and O–H groups in total. The van der Waals surface area contributed by atoms with Crippen LogP contribution in [0.5, 0.6) is 5.75 Å². The normalized spacial score (nSPS) is 18.8. The first-order valence-corrected chi connectivity index (χ1v) is 15.1. The van der Waals surface area contributed by atoms with Crippen molar-refractivity contribution in [2.24, 2.45) is 4.99 Å². The van der Waals surface area contributed by atoms with E-state index >= 15 is 0 Å². The third kappa shape index (κ3) is 6.83. The van der Waals surface area contributed by atoms with Gasteiger partial charge < -0.3 is 34.7 Å². The molecule has 5 heterocycles. The topological polar surface area (TPSA) is 158 Å². The van der Waals surface area contributed by atoms with Gasteiger partial charge in [-0.1, -0.05) is 6.07 Å². The van der Waals surface area contributed by atoms with Crippen LogP contribution in [0.3, 0.4) is 0 Å². The number of benzene rings is 1. The standard InChI is InChI=1S/C31H38N8O5/c1-19-28(44-18-34-19)17-43-24-7-6-21-11-25(32-13-22(21)10-24)27(41)14-33-30(42)26-12-29(35-23-15-39(16-23)20(2)40)37-31(36-26)38-8-4-3-5-9-38/h6-7,10,12-13,18,23,25,27,41H,3-5,8-9,11,14-17H2,1-2H3,(H,33,42)(H,35,36,37)/t25?,27-/m1/s1. The SMILES string of the molecule is CC(=O)N1CC(Nc2cc(C(=O)NC[C@@H](O)C3Cc4ccc(OCc5ocnc5C)cc4C=N3)nc(N3CCCCC3)n2)C1. The van der Waals surface area contributed by atoms with Gasteiger partial charge >= 0.3 is 0 Å². The number of likely N-dealkylation sites (tertiary alicyclic amines) is 1. The minimum atomic E-state index is -0.887. The van der Waals surface area contributed by atoms with Crippen LogP contribution in [-0.4, -0.2) is 93.9 Å². The van der Waals surface area contributed by atoms with Crippen LogP contribution in [-0.2, 0) is 17.8 Å². The summed E-state index contributed by atoms with van der Waals surface area (Å²) in [4.78, 5) is 46.6. The Hall–Kier alpha value is -4.52. The van der Waals surface area contributed by atoms with Crippen molar-refractivity contribution in [3.8, 4) is 5.75 Å². The first kappa shape index (κ1) is 29.5. The van der Waals surface area contributed by atoms with Crippen molar-refractivity contribution >= 4 is 29.8 Å². The van der Waals surface area contributed by atoms with Gasteiger partial charge in [-0.2, -0.15) is 4.98 Å². The number of aliphatic hydroxyl groups excluding tert-OH is 1. The largest absolute Gasteiger partial charge is 0.486 e. The Bertz CT molecular complexity index is 1530. The number of oxazole rings is 1. The van der Waals surface area contributed by atoms with Gasteiger partial charge in [-0.15, -0.1) is 0 Å². The maximum absolute atomic E-state index is 13.3. The van der Waals surface area contributed by atoms with E-state index < -0.39 is 18.1 Å². The predicted molar refractivity (Wildman–Crippen MR) is 163 cm³/mol. The quantitative estimate of drug-likeness (QED) is 0.314. The minimum Gasteiger partial charge on any atom is -0.486 e.